The van der Waals surface area contributed by atoms with Crippen LogP contribution in [0.2, 0.25) is 0 Å². The first-order chi connectivity index (χ1) is 7.14. The smallest absolute Gasteiger partial charge is 0.273 e. The number of nitrogens with zero attached hydrogens (tertiary/aromatic N) is 1. The zero-order valence-corrected chi connectivity index (χ0v) is 9.43. The number of hydrogen-bond donors (Lipinski definition) is 0. The average molecular weight is 253 g/mol. The van der Waals surface area contributed by atoms with E-state index in [1.165, 1.54) is 12.1 Å². The summed E-state index contributed by atoms with van der Waals surface area (Å²) in [5.74, 6) is 0. The van der Waals surface area contributed by atoms with Crippen molar-refractivity contribution in [3.05, 3.63) is 29.8 Å². The third kappa shape index (κ3) is 2.66. The lowest BCUT2D eigenvalue weighted by molar-refractivity contribution is -0.137. The number of sulfonamides is 1. The average Bonchev–Trinajstić information content (AvgIpc) is 2.14. The molecule has 1 rings (SSSR count). The van der Waals surface area contributed by atoms with Crippen LogP contribution in [0.4, 0.5) is 18.9 Å². The topological polar surface area (TPSA) is 37.4 Å². The van der Waals surface area contributed by atoms with E-state index >= 15 is 0 Å². The molecule has 0 amide bonds. The summed E-state index contributed by atoms with van der Waals surface area (Å²) in [6.45, 7) is 0. The molecule has 0 bridgehead atoms. The van der Waals surface area contributed by atoms with Crippen LogP contribution < -0.4 is 4.31 Å². The van der Waals surface area contributed by atoms with E-state index in [0.29, 0.717) is 4.31 Å². The quantitative estimate of drug-likeness (QED) is 0.809. The summed E-state index contributed by atoms with van der Waals surface area (Å²) < 4.78 is 60.7. The molecule has 7 heteroatoms. The summed E-state index contributed by atoms with van der Waals surface area (Å²) in [5, 5.41) is 0. The molecule has 1 aromatic rings. The summed E-state index contributed by atoms with van der Waals surface area (Å²) >= 11 is 0. The highest BCUT2D eigenvalue weighted by atomic mass is 32.2. The monoisotopic (exact) mass is 253 g/mol. The van der Waals surface area contributed by atoms with Gasteiger partial charge < -0.3 is 0 Å². The number of benzene rings is 1. The van der Waals surface area contributed by atoms with Gasteiger partial charge in [-0.3, -0.25) is 4.31 Å². The zero-order valence-electron chi connectivity index (χ0n) is 8.62. The molecule has 3 nitrogen and oxygen atoms in total. The highest BCUT2D eigenvalue weighted by Crippen LogP contribution is 2.36. The third-order valence-electron chi connectivity index (χ3n) is 2.05. The normalized spacial score (nSPS) is 12.6. The molecule has 0 atom stereocenters. The maximum atomic E-state index is 12.6. The van der Waals surface area contributed by atoms with Crippen molar-refractivity contribution in [2.24, 2.45) is 0 Å². The molecular formula is C9H10F3NO2S. The van der Waals surface area contributed by atoms with Gasteiger partial charge in [-0.2, -0.15) is 13.2 Å². The van der Waals surface area contributed by atoms with Crippen LogP contribution in [0.5, 0.6) is 0 Å². The summed E-state index contributed by atoms with van der Waals surface area (Å²) in [4.78, 5) is 0. The lowest BCUT2D eigenvalue weighted by Crippen LogP contribution is -2.27. The van der Waals surface area contributed by atoms with Gasteiger partial charge in [-0.1, -0.05) is 12.1 Å². The van der Waals surface area contributed by atoms with Gasteiger partial charge >= 0.3 is 6.18 Å². The van der Waals surface area contributed by atoms with Crippen molar-refractivity contribution in [3.63, 3.8) is 0 Å². The fourth-order valence-electron chi connectivity index (χ4n) is 1.17. The molecule has 0 aliphatic rings. The molecule has 0 saturated carbocycles. The number of hydrogen-bond acceptors (Lipinski definition) is 2. The van der Waals surface area contributed by atoms with Crippen molar-refractivity contribution < 1.29 is 21.6 Å². The Bertz CT molecular complexity index is 482. The fourth-order valence-corrected chi connectivity index (χ4v) is 1.68. The number of anilines is 1. The number of halogens is 3. The molecule has 0 N–H and O–H groups in total. The number of para-hydroxylation sites is 1. The van der Waals surface area contributed by atoms with Gasteiger partial charge in [0, 0.05) is 7.05 Å². The Morgan fingerprint density at radius 3 is 2.12 bits per heavy atom. The van der Waals surface area contributed by atoms with Crippen molar-refractivity contribution in [2.75, 3.05) is 17.6 Å². The molecule has 1 aromatic carbocycles. The predicted molar refractivity (Wildman–Crippen MR) is 54.7 cm³/mol. The van der Waals surface area contributed by atoms with Gasteiger partial charge in [-0.25, -0.2) is 8.42 Å². The first-order valence-electron chi connectivity index (χ1n) is 4.24. The molecule has 0 aliphatic heterocycles. The molecule has 0 saturated heterocycles. The van der Waals surface area contributed by atoms with Crippen molar-refractivity contribution in [1.29, 1.82) is 0 Å². The van der Waals surface area contributed by atoms with E-state index in [0.717, 1.165) is 25.4 Å². The SMILES string of the molecule is CN(c1ccccc1C(F)(F)F)S(C)(=O)=O. The van der Waals surface area contributed by atoms with E-state index in [1.807, 2.05) is 0 Å². The molecule has 0 radical (unpaired) electrons. The van der Waals surface area contributed by atoms with Crippen molar-refractivity contribution in [3.8, 4) is 0 Å². The van der Waals surface area contributed by atoms with Crippen LogP contribution in [0.3, 0.4) is 0 Å². The molecule has 0 unspecified atom stereocenters. The fraction of sp³-hybridized carbons (Fsp3) is 0.333. The summed E-state index contributed by atoms with van der Waals surface area (Å²) in [7, 11) is -2.62. The van der Waals surface area contributed by atoms with Crippen molar-refractivity contribution in [1.82, 2.24) is 0 Å². The summed E-state index contributed by atoms with van der Waals surface area (Å²) in [6, 6.07) is 4.52. The maximum Gasteiger partial charge on any atom is 0.418 e. The second kappa shape index (κ2) is 3.97. The molecule has 0 fully saturated rings. The van der Waals surface area contributed by atoms with Gasteiger partial charge in [0.2, 0.25) is 10.0 Å². The van der Waals surface area contributed by atoms with Gasteiger partial charge in [0.25, 0.3) is 0 Å². The number of rotatable bonds is 2. The Hall–Kier alpha value is -1.24. The zero-order chi connectivity index (χ0) is 12.6. The van der Waals surface area contributed by atoms with E-state index in [-0.39, 0.29) is 5.69 Å². The molecule has 16 heavy (non-hydrogen) atoms. The Kier molecular flexibility index (Phi) is 3.18. The highest BCUT2D eigenvalue weighted by Gasteiger charge is 2.35. The molecule has 0 aromatic heterocycles. The first kappa shape index (κ1) is 12.8. The van der Waals surface area contributed by atoms with Crippen LogP contribution in [-0.2, 0) is 16.2 Å². The second-order valence-electron chi connectivity index (χ2n) is 3.25. The van der Waals surface area contributed by atoms with Crippen molar-refractivity contribution >= 4 is 15.7 Å². The Labute approximate surface area is 91.5 Å². The van der Waals surface area contributed by atoms with E-state index in [2.05, 4.69) is 0 Å². The van der Waals surface area contributed by atoms with E-state index in [9.17, 15) is 21.6 Å². The molecule has 0 heterocycles. The van der Waals surface area contributed by atoms with Crippen LogP contribution in [0.1, 0.15) is 5.56 Å². The highest BCUT2D eigenvalue weighted by molar-refractivity contribution is 7.92. The van der Waals surface area contributed by atoms with E-state index in [4.69, 9.17) is 0 Å². The molecule has 0 aliphatic carbocycles. The van der Waals surface area contributed by atoms with Crippen LogP contribution in [0.15, 0.2) is 24.3 Å². The largest absolute Gasteiger partial charge is 0.418 e. The summed E-state index contributed by atoms with van der Waals surface area (Å²) in [6.07, 6.45) is -3.73. The standard InChI is InChI=1S/C9H10F3NO2S/c1-13(16(2,14)15)8-6-4-3-5-7(8)9(10,11)12/h3-6H,1-2H3. The minimum Gasteiger partial charge on any atom is -0.273 e. The van der Waals surface area contributed by atoms with Crippen LogP contribution in [0, 0.1) is 0 Å². The van der Waals surface area contributed by atoms with Crippen molar-refractivity contribution in [2.45, 2.75) is 6.18 Å². The molecular weight excluding hydrogens is 243 g/mol. The van der Waals surface area contributed by atoms with E-state index in [1.54, 1.807) is 0 Å². The van der Waals surface area contributed by atoms with E-state index < -0.39 is 21.8 Å². The Balaban J connectivity index is 3.36. The molecule has 90 valence electrons. The lowest BCUT2D eigenvalue weighted by Gasteiger charge is -2.21. The lowest BCUT2D eigenvalue weighted by atomic mass is 10.2. The van der Waals surface area contributed by atoms with Gasteiger partial charge in [-0.15, -0.1) is 0 Å². The minimum absolute atomic E-state index is 0.377. The van der Waals surface area contributed by atoms with Gasteiger partial charge in [0.15, 0.2) is 0 Å². The minimum atomic E-state index is -4.57. The predicted octanol–water partition coefficient (Wildman–Crippen LogP) is 2.10. The Morgan fingerprint density at radius 2 is 1.69 bits per heavy atom. The summed E-state index contributed by atoms with van der Waals surface area (Å²) in [5.41, 5.74) is -1.35. The van der Waals surface area contributed by atoms with Crippen LogP contribution in [0.25, 0.3) is 0 Å². The Morgan fingerprint density at radius 1 is 1.19 bits per heavy atom. The van der Waals surface area contributed by atoms with Gasteiger partial charge in [-0.05, 0) is 12.1 Å². The van der Waals surface area contributed by atoms with Gasteiger partial charge in [0.1, 0.15) is 0 Å². The first-order valence-corrected chi connectivity index (χ1v) is 6.09. The van der Waals surface area contributed by atoms with Crippen LogP contribution >= 0.6 is 0 Å². The third-order valence-corrected chi connectivity index (χ3v) is 3.24. The number of alkyl halides is 3. The molecule has 0 spiro atoms. The second-order valence-corrected chi connectivity index (χ2v) is 5.26. The van der Waals surface area contributed by atoms with Gasteiger partial charge in [0.05, 0.1) is 17.5 Å². The van der Waals surface area contributed by atoms with Crippen LogP contribution in [-0.4, -0.2) is 21.7 Å². The maximum absolute atomic E-state index is 12.6.